The maximum absolute atomic E-state index is 15.2. The van der Waals surface area contributed by atoms with Crippen LogP contribution in [-0.4, -0.2) is 49.8 Å². The van der Waals surface area contributed by atoms with Crippen molar-refractivity contribution in [1.29, 1.82) is 0 Å². The second-order valence-corrected chi connectivity index (χ2v) is 14.3. The summed E-state index contributed by atoms with van der Waals surface area (Å²) in [6.45, 7) is 2.32. The van der Waals surface area contributed by atoms with Crippen LogP contribution < -0.4 is 9.47 Å². The molecule has 7 nitrogen and oxygen atoms in total. The summed E-state index contributed by atoms with van der Waals surface area (Å²) >= 11 is 0. The van der Waals surface area contributed by atoms with Crippen molar-refractivity contribution in [3.63, 3.8) is 0 Å². The molecule has 3 aromatic rings. The van der Waals surface area contributed by atoms with Crippen molar-refractivity contribution in [2.75, 3.05) is 24.7 Å². The van der Waals surface area contributed by atoms with E-state index in [4.69, 9.17) is 14.2 Å². The molecule has 2 aliphatic carbocycles. The second-order valence-electron chi connectivity index (χ2n) is 12.0. The molecule has 1 aliphatic heterocycles. The van der Waals surface area contributed by atoms with Gasteiger partial charge in [-0.3, -0.25) is 4.79 Å². The van der Waals surface area contributed by atoms with Crippen LogP contribution in [0.3, 0.4) is 0 Å². The summed E-state index contributed by atoms with van der Waals surface area (Å²) < 4.78 is 55.7. The summed E-state index contributed by atoms with van der Waals surface area (Å²) in [4.78, 5) is 12.0. The lowest BCUT2D eigenvalue weighted by Crippen LogP contribution is -2.43. The van der Waals surface area contributed by atoms with Gasteiger partial charge in [0.1, 0.15) is 36.1 Å². The molecule has 1 saturated heterocycles. The van der Waals surface area contributed by atoms with Crippen molar-refractivity contribution in [1.82, 2.24) is 0 Å². The van der Waals surface area contributed by atoms with Gasteiger partial charge >= 0.3 is 5.97 Å². The molecule has 1 N–H and O–H groups in total. The normalized spacial score (nSPS) is 21.6. The fraction of sp³-hybridized carbons (Fsp3) is 0.441. The average molecular weight is 609 g/mol. The third-order valence-corrected chi connectivity index (χ3v) is 10.5. The number of ether oxygens (including phenoxy) is 3. The summed E-state index contributed by atoms with van der Waals surface area (Å²) in [7, 11) is -3.08. The number of esters is 1. The molecule has 0 bridgehead atoms. The number of carbonyl (C=O) groups is 1. The Hall–Kier alpha value is -3.43. The predicted molar refractivity (Wildman–Crippen MR) is 160 cm³/mol. The molecule has 6 rings (SSSR count). The first-order valence-electron chi connectivity index (χ1n) is 15.0. The van der Waals surface area contributed by atoms with Crippen LogP contribution in [0.4, 0.5) is 4.39 Å². The van der Waals surface area contributed by atoms with E-state index < -0.39 is 15.4 Å². The molecular weight excluding hydrogens is 571 g/mol. The number of halogens is 1. The van der Waals surface area contributed by atoms with Gasteiger partial charge in [-0.15, -0.1) is 0 Å². The Balaban J connectivity index is 1.13. The lowest BCUT2D eigenvalue weighted by Gasteiger charge is -2.31. The van der Waals surface area contributed by atoms with Crippen LogP contribution in [0.25, 0.3) is 11.1 Å². The molecule has 0 amide bonds. The molecule has 1 saturated carbocycles. The van der Waals surface area contributed by atoms with Gasteiger partial charge in [0.25, 0.3) is 0 Å². The monoisotopic (exact) mass is 608 g/mol. The van der Waals surface area contributed by atoms with Gasteiger partial charge < -0.3 is 19.3 Å². The number of carbonyl (C=O) groups excluding carboxylic acids is 1. The number of fused-ring (bicyclic) bond motifs is 3. The lowest BCUT2D eigenvalue weighted by atomic mass is 9.94. The quantitative estimate of drug-likeness (QED) is 0.318. The molecule has 3 aliphatic rings. The van der Waals surface area contributed by atoms with E-state index in [1.54, 1.807) is 6.07 Å². The molecule has 2 fully saturated rings. The Kier molecular flexibility index (Phi) is 8.22. The van der Waals surface area contributed by atoms with Crippen LogP contribution >= 0.6 is 0 Å². The highest BCUT2D eigenvalue weighted by molar-refractivity contribution is 7.91. The summed E-state index contributed by atoms with van der Waals surface area (Å²) in [5.74, 6) is 0.863. The van der Waals surface area contributed by atoms with E-state index >= 15 is 4.39 Å². The molecule has 0 spiro atoms. The fourth-order valence-corrected chi connectivity index (χ4v) is 7.74. The Bertz CT molecular complexity index is 1600. The van der Waals surface area contributed by atoms with E-state index in [-0.39, 0.29) is 61.2 Å². The number of rotatable bonds is 9. The van der Waals surface area contributed by atoms with Gasteiger partial charge in [0.05, 0.1) is 24.0 Å². The van der Waals surface area contributed by atoms with Crippen LogP contribution in [0.15, 0.2) is 54.6 Å². The van der Waals surface area contributed by atoms with Crippen molar-refractivity contribution < 1.29 is 36.9 Å². The van der Waals surface area contributed by atoms with Crippen LogP contribution in [-0.2, 0) is 38.8 Å². The Morgan fingerprint density at radius 2 is 1.65 bits per heavy atom. The highest BCUT2D eigenvalue weighted by Gasteiger charge is 2.45. The number of hydrogen-bond acceptors (Lipinski definition) is 7. The zero-order chi connectivity index (χ0) is 30.2. The molecule has 0 aromatic heterocycles. The molecule has 2 atom stereocenters. The second kappa shape index (κ2) is 11.9. The van der Waals surface area contributed by atoms with E-state index in [1.165, 1.54) is 0 Å². The SMILES string of the molecule is CCOC(=O)[C@H]1C[C@@H]1c1ccc(OCc2cc3c(cc2F)CCCc2cc(OCC4(O)CCS(=O)(=O)CC4)ccc2-3)cc1. The standard InChI is InChI=1S/C34H37FO7S/c1-2-40-33(36)31-19-30(31)22-6-8-26(9-7-22)41-20-25-17-29-24(18-32(25)35)5-3-4-23-16-27(10-11-28(23)29)42-21-34(37)12-14-43(38,39)15-13-34/h6-11,16-18,30-31,37H,2-5,12-15,19-21H2,1H3/t30-,31+/m1/s1. The van der Waals surface area contributed by atoms with Crippen LogP contribution in [0.5, 0.6) is 11.5 Å². The van der Waals surface area contributed by atoms with Gasteiger partial charge in [-0.05, 0) is 116 Å². The van der Waals surface area contributed by atoms with Gasteiger partial charge in [-0.1, -0.05) is 18.2 Å². The van der Waals surface area contributed by atoms with Gasteiger partial charge in [0.15, 0.2) is 9.84 Å². The number of sulfone groups is 1. The minimum atomic E-state index is -3.08. The first-order valence-corrected chi connectivity index (χ1v) is 16.8. The molecule has 9 heteroatoms. The Morgan fingerprint density at radius 3 is 2.37 bits per heavy atom. The Labute approximate surface area is 251 Å². The van der Waals surface area contributed by atoms with Gasteiger partial charge in [0.2, 0.25) is 0 Å². The lowest BCUT2D eigenvalue weighted by molar-refractivity contribution is -0.144. The molecule has 3 aromatic carbocycles. The number of aliphatic hydroxyl groups is 1. The number of hydrogen-bond donors (Lipinski definition) is 1. The molecule has 1 heterocycles. The third-order valence-electron chi connectivity index (χ3n) is 8.88. The number of aryl methyl sites for hydroxylation is 2. The van der Waals surface area contributed by atoms with Crippen LogP contribution in [0, 0.1) is 11.7 Å². The summed E-state index contributed by atoms with van der Waals surface area (Å²) in [6, 6.07) is 16.9. The van der Waals surface area contributed by atoms with E-state index in [0.29, 0.717) is 23.7 Å². The van der Waals surface area contributed by atoms with Gasteiger partial charge in [0, 0.05) is 5.56 Å². The zero-order valence-corrected chi connectivity index (χ0v) is 25.1. The average Bonchev–Trinajstić information content (AvgIpc) is 3.81. The van der Waals surface area contributed by atoms with Crippen LogP contribution in [0.1, 0.15) is 60.8 Å². The summed E-state index contributed by atoms with van der Waals surface area (Å²) in [5.41, 5.74) is 4.43. The topological polar surface area (TPSA) is 99.1 Å². The molecular formula is C34H37FO7S. The minimum absolute atomic E-state index is 0.0280. The van der Waals surface area contributed by atoms with Crippen molar-refractivity contribution >= 4 is 15.8 Å². The fourth-order valence-electron chi connectivity index (χ4n) is 6.15. The van der Waals surface area contributed by atoms with E-state index in [2.05, 4.69) is 0 Å². The zero-order valence-electron chi connectivity index (χ0n) is 24.3. The minimum Gasteiger partial charge on any atom is -0.491 e. The van der Waals surface area contributed by atoms with Crippen molar-refractivity contribution in [2.45, 2.75) is 63.6 Å². The first kappa shape index (κ1) is 29.6. The van der Waals surface area contributed by atoms with E-state index in [0.717, 1.165) is 53.5 Å². The predicted octanol–water partition coefficient (Wildman–Crippen LogP) is 5.55. The largest absolute Gasteiger partial charge is 0.491 e. The highest BCUT2D eigenvalue weighted by atomic mass is 32.2. The van der Waals surface area contributed by atoms with E-state index in [1.807, 2.05) is 55.5 Å². The molecule has 228 valence electrons. The maximum atomic E-state index is 15.2. The van der Waals surface area contributed by atoms with Crippen molar-refractivity contribution in [3.05, 3.63) is 82.7 Å². The smallest absolute Gasteiger partial charge is 0.309 e. The molecule has 43 heavy (non-hydrogen) atoms. The van der Waals surface area contributed by atoms with Crippen molar-refractivity contribution in [2.24, 2.45) is 5.92 Å². The third kappa shape index (κ3) is 6.73. The van der Waals surface area contributed by atoms with Gasteiger partial charge in [-0.2, -0.15) is 0 Å². The van der Waals surface area contributed by atoms with Crippen molar-refractivity contribution in [3.8, 4) is 22.6 Å². The Morgan fingerprint density at radius 1 is 0.953 bits per heavy atom. The summed E-state index contributed by atoms with van der Waals surface area (Å²) in [6.07, 6.45) is 3.56. The van der Waals surface area contributed by atoms with E-state index in [9.17, 15) is 18.3 Å². The van der Waals surface area contributed by atoms with Gasteiger partial charge in [-0.25, -0.2) is 12.8 Å². The first-order chi connectivity index (χ1) is 20.6. The van der Waals surface area contributed by atoms with Crippen LogP contribution in [0.2, 0.25) is 0 Å². The maximum Gasteiger partial charge on any atom is 0.309 e. The summed E-state index contributed by atoms with van der Waals surface area (Å²) in [5, 5.41) is 10.8. The molecule has 0 unspecified atom stereocenters. The number of benzene rings is 3. The molecule has 0 radical (unpaired) electrons. The highest BCUT2D eigenvalue weighted by Crippen LogP contribution is 2.48.